The highest BCUT2D eigenvalue weighted by atomic mass is 35.5. The van der Waals surface area contributed by atoms with Crippen LogP contribution in [-0.2, 0) is 6.54 Å². The molecule has 0 aliphatic heterocycles. The summed E-state index contributed by atoms with van der Waals surface area (Å²) in [6, 6.07) is 6.07. The van der Waals surface area contributed by atoms with E-state index < -0.39 is 0 Å². The molecule has 102 valence electrons. The van der Waals surface area contributed by atoms with Crippen LogP contribution in [0.2, 0.25) is 5.02 Å². The zero-order valence-electron chi connectivity index (χ0n) is 11.0. The molecule has 0 amide bonds. The number of anilines is 1. The third kappa shape index (κ3) is 3.82. The Morgan fingerprint density at radius 3 is 2.74 bits per heavy atom. The molecule has 0 bridgehead atoms. The third-order valence-corrected chi connectivity index (χ3v) is 5.00. The van der Waals surface area contributed by atoms with Gasteiger partial charge in [-0.25, -0.2) is 0 Å². The molecule has 4 nitrogen and oxygen atoms in total. The molecule has 1 aromatic heterocycles. The summed E-state index contributed by atoms with van der Waals surface area (Å²) in [7, 11) is 5.82. The van der Waals surface area contributed by atoms with Crippen molar-refractivity contribution in [3.63, 3.8) is 0 Å². The van der Waals surface area contributed by atoms with E-state index in [4.69, 9.17) is 11.6 Å². The number of rotatable bonds is 5. The Morgan fingerprint density at radius 2 is 2.16 bits per heavy atom. The summed E-state index contributed by atoms with van der Waals surface area (Å²) in [5.41, 5.74) is 1.17. The zero-order chi connectivity index (χ0) is 13.8. The molecule has 2 aromatic rings. The summed E-state index contributed by atoms with van der Waals surface area (Å²) in [4.78, 5) is 2.95. The van der Waals surface area contributed by atoms with E-state index in [0.29, 0.717) is 0 Å². The van der Waals surface area contributed by atoms with Gasteiger partial charge in [0, 0.05) is 25.5 Å². The zero-order valence-corrected chi connectivity index (χ0v) is 13.4. The van der Waals surface area contributed by atoms with Crippen molar-refractivity contribution in [1.82, 2.24) is 15.5 Å². The third-order valence-electron chi connectivity index (χ3n) is 2.35. The molecule has 1 aromatic carbocycles. The van der Waals surface area contributed by atoms with E-state index in [9.17, 15) is 0 Å². The summed E-state index contributed by atoms with van der Waals surface area (Å²) >= 11 is 9.38. The van der Waals surface area contributed by atoms with Gasteiger partial charge in [0.25, 0.3) is 0 Å². The van der Waals surface area contributed by atoms with Gasteiger partial charge in [0.2, 0.25) is 5.13 Å². The van der Waals surface area contributed by atoms with Crippen LogP contribution in [0.25, 0.3) is 0 Å². The number of hydrogen-bond acceptors (Lipinski definition) is 6. The molecule has 0 spiro atoms. The van der Waals surface area contributed by atoms with Gasteiger partial charge in [-0.2, -0.15) is 0 Å². The molecule has 7 heteroatoms. The summed E-state index contributed by atoms with van der Waals surface area (Å²) in [6.45, 7) is 0.814. The number of nitrogens with zero attached hydrogens (tertiary/aromatic N) is 3. The van der Waals surface area contributed by atoms with E-state index >= 15 is 0 Å². The number of hydrogen-bond donors (Lipinski definition) is 1. The molecule has 0 atom stereocenters. The van der Waals surface area contributed by atoms with Crippen LogP contribution < -0.4 is 10.2 Å². The molecule has 0 aliphatic carbocycles. The lowest BCUT2D eigenvalue weighted by Crippen LogP contribution is -2.07. The second-order valence-electron chi connectivity index (χ2n) is 4.14. The van der Waals surface area contributed by atoms with Crippen molar-refractivity contribution in [2.24, 2.45) is 0 Å². The normalized spacial score (nSPS) is 10.7. The predicted octanol–water partition coefficient (Wildman–Crippen LogP) is 3.13. The monoisotopic (exact) mass is 314 g/mol. The van der Waals surface area contributed by atoms with Crippen molar-refractivity contribution in [1.29, 1.82) is 0 Å². The van der Waals surface area contributed by atoms with Gasteiger partial charge in [-0.3, -0.25) is 0 Å². The Kier molecular flexibility index (Phi) is 5.04. The molecule has 0 saturated heterocycles. The smallest absolute Gasteiger partial charge is 0.208 e. The SMILES string of the molecule is CNCc1ccc(Sc2nnc(N(C)C)s2)c(Cl)c1. The van der Waals surface area contributed by atoms with Gasteiger partial charge in [-0.1, -0.05) is 40.8 Å². The van der Waals surface area contributed by atoms with Crippen LogP contribution in [0.4, 0.5) is 5.13 Å². The lowest BCUT2D eigenvalue weighted by atomic mass is 10.2. The minimum absolute atomic E-state index is 0.749. The molecule has 0 aliphatic rings. The molecular weight excluding hydrogens is 300 g/mol. The van der Waals surface area contributed by atoms with Gasteiger partial charge in [-0.15, -0.1) is 10.2 Å². The van der Waals surface area contributed by atoms with Crippen molar-refractivity contribution < 1.29 is 0 Å². The summed E-state index contributed by atoms with van der Waals surface area (Å²) in [5, 5.41) is 13.0. The predicted molar refractivity (Wildman–Crippen MR) is 82.6 cm³/mol. The summed E-state index contributed by atoms with van der Waals surface area (Å²) in [6.07, 6.45) is 0. The molecular formula is C12H15ClN4S2. The van der Waals surface area contributed by atoms with Gasteiger partial charge < -0.3 is 10.2 Å². The van der Waals surface area contributed by atoms with Crippen molar-refractivity contribution in [2.45, 2.75) is 15.8 Å². The van der Waals surface area contributed by atoms with Crippen molar-refractivity contribution in [2.75, 3.05) is 26.0 Å². The molecule has 1 N–H and O–H groups in total. The maximum absolute atomic E-state index is 6.28. The highest BCUT2D eigenvalue weighted by Gasteiger charge is 2.10. The fraction of sp³-hybridized carbons (Fsp3) is 0.333. The highest BCUT2D eigenvalue weighted by molar-refractivity contribution is 8.01. The van der Waals surface area contributed by atoms with E-state index in [1.807, 2.05) is 38.2 Å². The first-order valence-corrected chi connectivity index (χ1v) is 7.73. The van der Waals surface area contributed by atoms with Crippen molar-refractivity contribution in [3.05, 3.63) is 28.8 Å². The van der Waals surface area contributed by atoms with Crippen LogP contribution in [0.3, 0.4) is 0 Å². The maximum Gasteiger partial charge on any atom is 0.208 e. The first-order valence-electron chi connectivity index (χ1n) is 5.72. The first-order chi connectivity index (χ1) is 9.10. The lowest BCUT2D eigenvalue weighted by Gasteiger charge is -2.05. The second kappa shape index (κ2) is 6.56. The minimum Gasteiger partial charge on any atom is -0.353 e. The van der Waals surface area contributed by atoms with E-state index in [1.165, 1.54) is 5.56 Å². The Hall–Kier alpha value is -0.820. The highest BCUT2D eigenvalue weighted by Crippen LogP contribution is 2.36. The standard InChI is InChI=1S/C12H15ClN4S2/c1-14-7-8-4-5-10(9(13)6-8)18-12-16-15-11(19-12)17(2)3/h4-6,14H,7H2,1-3H3. The summed E-state index contributed by atoms with van der Waals surface area (Å²) in [5.74, 6) is 0. The van der Waals surface area contributed by atoms with Crippen LogP contribution in [0.15, 0.2) is 27.4 Å². The number of benzene rings is 1. The summed E-state index contributed by atoms with van der Waals surface area (Å²) < 4.78 is 0.895. The number of aromatic nitrogens is 2. The first kappa shape index (κ1) is 14.6. The van der Waals surface area contributed by atoms with Crippen LogP contribution in [0, 0.1) is 0 Å². The van der Waals surface area contributed by atoms with Gasteiger partial charge in [0.05, 0.1) is 5.02 Å². The molecule has 0 radical (unpaired) electrons. The molecule has 1 heterocycles. The average Bonchev–Trinajstić information content (AvgIpc) is 2.82. The Balaban J connectivity index is 2.13. The molecule has 0 saturated carbocycles. The van der Waals surface area contributed by atoms with Crippen LogP contribution >= 0.6 is 34.7 Å². The van der Waals surface area contributed by atoms with Gasteiger partial charge in [-0.05, 0) is 24.7 Å². The molecule has 2 rings (SSSR count). The quantitative estimate of drug-likeness (QED) is 0.918. The number of nitrogens with one attached hydrogen (secondary N) is 1. The van der Waals surface area contributed by atoms with E-state index in [2.05, 4.69) is 21.6 Å². The van der Waals surface area contributed by atoms with Gasteiger partial charge in [0.1, 0.15) is 0 Å². The van der Waals surface area contributed by atoms with Crippen LogP contribution in [-0.4, -0.2) is 31.3 Å². The second-order valence-corrected chi connectivity index (χ2v) is 6.79. The largest absolute Gasteiger partial charge is 0.353 e. The fourth-order valence-corrected chi connectivity index (χ4v) is 3.50. The van der Waals surface area contributed by atoms with Crippen LogP contribution in [0.1, 0.15) is 5.56 Å². The Morgan fingerprint density at radius 1 is 1.37 bits per heavy atom. The molecule has 19 heavy (non-hydrogen) atoms. The van der Waals surface area contributed by atoms with E-state index in [1.54, 1.807) is 23.1 Å². The maximum atomic E-state index is 6.28. The average molecular weight is 315 g/mol. The van der Waals surface area contributed by atoms with Gasteiger partial charge in [0.15, 0.2) is 4.34 Å². The van der Waals surface area contributed by atoms with Crippen molar-refractivity contribution >= 4 is 39.8 Å². The fourth-order valence-electron chi connectivity index (χ4n) is 1.46. The minimum atomic E-state index is 0.749. The topological polar surface area (TPSA) is 41.1 Å². The number of halogens is 1. The Labute approximate surface area is 126 Å². The Bertz CT molecular complexity index is 556. The molecule has 0 unspecified atom stereocenters. The van der Waals surface area contributed by atoms with Crippen LogP contribution in [0.5, 0.6) is 0 Å². The van der Waals surface area contributed by atoms with Gasteiger partial charge >= 0.3 is 0 Å². The van der Waals surface area contributed by atoms with Crippen molar-refractivity contribution in [3.8, 4) is 0 Å². The lowest BCUT2D eigenvalue weighted by molar-refractivity contribution is 0.817. The van der Waals surface area contributed by atoms with E-state index in [-0.39, 0.29) is 0 Å². The van der Waals surface area contributed by atoms with E-state index in [0.717, 1.165) is 25.9 Å². The molecule has 0 fully saturated rings.